The SMILES string of the molecule is CC1=C(C(=O)O)C(c2cncc(F)c2[C@H](C)F)C2=C(COC2=O)N1. The summed E-state index contributed by atoms with van der Waals surface area (Å²) in [6.45, 7) is 2.62. The Morgan fingerprint density at radius 1 is 1.50 bits per heavy atom. The van der Waals surface area contributed by atoms with Crippen LogP contribution in [0.15, 0.2) is 34.9 Å². The van der Waals surface area contributed by atoms with E-state index in [9.17, 15) is 23.5 Å². The van der Waals surface area contributed by atoms with E-state index in [1.807, 2.05) is 0 Å². The first-order valence-electron chi connectivity index (χ1n) is 7.21. The number of hydrogen-bond acceptors (Lipinski definition) is 5. The molecule has 3 rings (SSSR count). The van der Waals surface area contributed by atoms with E-state index >= 15 is 0 Å². The van der Waals surface area contributed by atoms with Crippen LogP contribution in [0.1, 0.15) is 37.1 Å². The lowest BCUT2D eigenvalue weighted by Gasteiger charge is -2.28. The van der Waals surface area contributed by atoms with E-state index in [0.717, 1.165) is 13.1 Å². The predicted molar refractivity (Wildman–Crippen MR) is 77.9 cm³/mol. The summed E-state index contributed by atoms with van der Waals surface area (Å²) < 4.78 is 33.1. The molecule has 6 nitrogen and oxygen atoms in total. The number of dihydropyridines is 1. The Hall–Kier alpha value is -2.77. The van der Waals surface area contributed by atoms with Crippen LogP contribution in [0.25, 0.3) is 0 Å². The van der Waals surface area contributed by atoms with Gasteiger partial charge >= 0.3 is 11.9 Å². The molecule has 0 aromatic carbocycles. The molecule has 0 amide bonds. The van der Waals surface area contributed by atoms with Crippen LogP contribution in [0.2, 0.25) is 0 Å². The Morgan fingerprint density at radius 2 is 2.21 bits per heavy atom. The lowest BCUT2D eigenvalue weighted by atomic mass is 9.79. The number of carbonyl (C=O) groups is 2. The zero-order chi connectivity index (χ0) is 17.6. The molecule has 0 radical (unpaired) electrons. The van der Waals surface area contributed by atoms with Crippen molar-refractivity contribution in [2.45, 2.75) is 25.9 Å². The highest BCUT2D eigenvalue weighted by Gasteiger charge is 2.43. The van der Waals surface area contributed by atoms with Crippen LogP contribution in [0, 0.1) is 5.82 Å². The Kier molecular flexibility index (Phi) is 3.82. The molecule has 24 heavy (non-hydrogen) atoms. The maximum absolute atomic E-state index is 14.1. The number of aliphatic carboxylic acids is 1. The number of halogens is 2. The van der Waals surface area contributed by atoms with Gasteiger partial charge in [-0.2, -0.15) is 0 Å². The number of ether oxygens (including phenoxy) is 1. The zero-order valence-corrected chi connectivity index (χ0v) is 12.9. The minimum Gasteiger partial charge on any atom is -0.478 e. The number of nitrogens with zero attached hydrogens (tertiary/aromatic N) is 1. The Balaban J connectivity index is 2.29. The van der Waals surface area contributed by atoms with Crippen LogP contribution in [0.3, 0.4) is 0 Å². The van der Waals surface area contributed by atoms with Crippen molar-refractivity contribution in [1.29, 1.82) is 0 Å². The molecule has 0 spiro atoms. The summed E-state index contributed by atoms with van der Waals surface area (Å²) in [5.74, 6) is -4.05. The summed E-state index contributed by atoms with van der Waals surface area (Å²) >= 11 is 0. The number of rotatable bonds is 3. The number of aromatic nitrogens is 1. The minimum absolute atomic E-state index is 0.00889. The van der Waals surface area contributed by atoms with Crippen LogP contribution in [0.5, 0.6) is 0 Å². The third-order valence-electron chi connectivity index (χ3n) is 4.12. The number of esters is 1. The molecular formula is C16H14F2N2O4. The van der Waals surface area contributed by atoms with Gasteiger partial charge in [0.05, 0.1) is 29.0 Å². The van der Waals surface area contributed by atoms with E-state index in [-0.39, 0.29) is 34.6 Å². The van der Waals surface area contributed by atoms with Crippen LogP contribution >= 0.6 is 0 Å². The van der Waals surface area contributed by atoms with Gasteiger partial charge in [-0.05, 0) is 19.4 Å². The van der Waals surface area contributed by atoms with Gasteiger partial charge in [-0.15, -0.1) is 0 Å². The molecule has 0 saturated heterocycles. The van der Waals surface area contributed by atoms with Crippen molar-refractivity contribution >= 4 is 11.9 Å². The summed E-state index contributed by atoms with van der Waals surface area (Å²) in [5, 5.41) is 12.4. The largest absolute Gasteiger partial charge is 0.478 e. The molecule has 0 bridgehead atoms. The van der Waals surface area contributed by atoms with E-state index in [0.29, 0.717) is 5.70 Å². The fraction of sp³-hybridized carbons (Fsp3) is 0.312. The predicted octanol–water partition coefficient (Wildman–Crippen LogP) is 2.11. The molecule has 126 valence electrons. The first kappa shape index (κ1) is 16.1. The maximum Gasteiger partial charge on any atom is 0.337 e. The maximum atomic E-state index is 14.1. The molecule has 1 unspecified atom stereocenters. The van der Waals surface area contributed by atoms with Crippen molar-refractivity contribution in [3.8, 4) is 0 Å². The third kappa shape index (κ3) is 2.34. The molecule has 1 aromatic rings. The Bertz CT molecular complexity index is 812. The first-order chi connectivity index (χ1) is 11.3. The molecule has 3 heterocycles. The molecule has 0 saturated carbocycles. The zero-order valence-electron chi connectivity index (χ0n) is 12.9. The van der Waals surface area contributed by atoms with Crippen molar-refractivity contribution < 1.29 is 28.2 Å². The van der Waals surface area contributed by atoms with Gasteiger partial charge in [-0.1, -0.05) is 0 Å². The molecule has 2 aliphatic rings. The molecule has 0 fully saturated rings. The van der Waals surface area contributed by atoms with E-state index in [4.69, 9.17) is 4.74 Å². The fourth-order valence-corrected chi connectivity index (χ4v) is 3.17. The van der Waals surface area contributed by atoms with E-state index < -0.39 is 29.8 Å². The number of alkyl halides is 1. The highest BCUT2D eigenvalue weighted by Crippen LogP contribution is 2.43. The van der Waals surface area contributed by atoms with Gasteiger partial charge in [0, 0.05) is 17.5 Å². The van der Waals surface area contributed by atoms with Gasteiger partial charge in [0.25, 0.3) is 0 Å². The fourth-order valence-electron chi connectivity index (χ4n) is 3.17. The third-order valence-corrected chi connectivity index (χ3v) is 4.12. The average molecular weight is 336 g/mol. The average Bonchev–Trinajstić information content (AvgIpc) is 2.85. The number of carbonyl (C=O) groups excluding carboxylic acids is 1. The van der Waals surface area contributed by atoms with E-state index in [2.05, 4.69) is 10.3 Å². The molecule has 2 N–H and O–H groups in total. The lowest BCUT2D eigenvalue weighted by molar-refractivity contribution is -0.136. The van der Waals surface area contributed by atoms with E-state index in [1.165, 1.54) is 13.1 Å². The van der Waals surface area contributed by atoms with Gasteiger partial charge in [-0.3, -0.25) is 4.98 Å². The Labute approximate surface area is 135 Å². The smallest absolute Gasteiger partial charge is 0.337 e. The number of nitrogens with one attached hydrogen (secondary N) is 1. The number of hydrogen-bond donors (Lipinski definition) is 2. The summed E-state index contributed by atoms with van der Waals surface area (Å²) in [7, 11) is 0. The van der Waals surface area contributed by atoms with Crippen LogP contribution in [0.4, 0.5) is 8.78 Å². The topological polar surface area (TPSA) is 88.5 Å². The standard InChI is InChI=1S/C16H14F2N2O4/c1-6(17)11-8(3-19-4-9(11)18)13-12(15(21)22)7(2)20-10-5-24-16(23)14(10)13/h3-4,6,13,20H,5H2,1-2H3,(H,21,22)/t6-,13?/m0/s1. The van der Waals surface area contributed by atoms with Crippen molar-refractivity contribution in [1.82, 2.24) is 10.3 Å². The minimum atomic E-state index is -1.70. The molecule has 1 aromatic heterocycles. The summed E-state index contributed by atoms with van der Waals surface area (Å²) in [6.07, 6.45) is 0.348. The summed E-state index contributed by atoms with van der Waals surface area (Å²) in [5.41, 5.74) is 0.263. The van der Waals surface area contributed by atoms with Crippen molar-refractivity contribution in [2.75, 3.05) is 6.61 Å². The highest BCUT2D eigenvalue weighted by atomic mass is 19.1. The van der Waals surface area contributed by atoms with Gasteiger partial charge in [0.2, 0.25) is 0 Å². The number of cyclic esters (lactones) is 1. The molecule has 2 aliphatic heterocycles. The van der Waals surface area contributed by atoms with Gasteiger partial charge < -0.3 is 15.2 Å². The Morgan fingerprint density at radius 3 is 2.83 bits per heavy atom. The van der Waals surface area contributed by atoms with Crippen LogP contribution in [-0.4, -0.2) is 28.6 Å². The molecule has 8 heteroatoms. The number of pyridine rings is 1. The second-order valence-electron chi connectivity index (χ2n) is 5.61. The first-order valence-corrected chi connectivity index (χ1v) is 7.21. The lowest BCUT2D eigenvalue weighted by Crippen LogP contribution is -2.30. The van der Waals surface area contributed by atoms with Crippen LogP contribution < -0.4 is 5.32 Å². The monoisotopic (exact) mass is 336 g/mol. The highest BCUT2D eigenvalue weighted by molar-refractivity contribution is 6.00. The van der Waals surface area contributed by atoms with Gasteiger partial charge in [0.1, 0.15) is 18.6 Å². The molecule has 0 aliphatic carbocycles. The summed E-state index contributed by atoms with van der Waals surface area (Å²) in [6, 6.07) is 0. The quantitative estimate of drug-likeness (QED) is 0.822. The van der Waals surface area contributed by atoms with Gasteiger partial charge in [0.15, 0.2) is 0 Å². The van der Waals surface area contributed by atoms with Gasteiger partial charge in [-0.25, -0.2) is 18.4 Å². The molecular weight excluding hydrogens is 322 g/mol. The molecule has 2 atom stereocenters. The van der Waals surface area contributed by atoms with Crippen molar-refractivity contribution in [3.05, 3.63) is 51.9 Å². The van der Waals surface area contributed by atoms with Crippen molar-refractivity contribution in [3.63, 3.8) is 0 Å². The van der Waals surface area contributed by atoms with Crippen LogP contribution in [-0.2, 0) is 14.3 Å². The van der Waals surface area contributed by atoms with Crippen molar-refractivity contribution in [2.24, 2.45) is 0 Å². The number of carboxylic acid groups (broad SMARTS) is 1. The number of carboxylic acids is 1. The van der Waals surface area contributed by atoms with E-state index in [1.54, 1.807) is 0 Å². The second kappa shape index (κ2) is 5.70. The summed E-state index contributed by atoms with van der Waals surface area (Å²) in [4.78, 5) is 27.5. The second-order valence-corrected chi connectivity index (χ2v) is 5.61. The number of allylic oxidation sites excluding steroid dienone is 1. The normalized spacial score (nSPS) is 21.3.